The molecule has 2 rings (SSSR count). The molecule has 6 heteroatoms. The molecule has 0 aliphatic rings. The summed E-state index contributed by atoms with van der Waals surface area (Å²) in [6, 6.07) is 15.6. The van der Waals surface area contributed by atoms with E-state index in [4.69, 9.17) is 4.74 Å². The Bertz CT molecular complexity index is 813. The fourth-order valence-corrected chi connectivity index (χ4v) is 4.27. The Morgan fingerprint density at radius 3 is 2.23 bits per heavy atom. The molecule has 0 heterocycles. The van der Waals surface area contributed by atoms with Crippen molar-refractivity contribution in [3.63, 3.8) is 0 Å². The van der Waals surface area contributed by atoms with Gasteiger partial charge >= 0.3 is 5.97 Å². The maximum absolute atomic E-state index is 12.6. The quantitative estimate of drug-likeness (QED) is 0.719. The zero-order valence-electron chi connectivity index (χ0n) is 15.0. The number of aliphatic carboxylic acids is 1. The monoisotopic (exact) mass is 376 g/mol. The Hall–Kier alpha value is -2.34. The van der Waals surface area contributed by atoms with E-state index in [1.54, 1.807) is 12.1 Å². The summed E-state index contributed by atoms with van der Waals surface area (Å²) in [6.45, 7) is 3.73. The molecule has 0 aliphatic heterocycles. The Kier molecular flexibility index (Phi) is 6.80. The maximum Gasteiger partial charge on any atom is 0.322 e. The summed E-state index contributed by atoms with van der Waals surface area (Å²) >= 11 is 0. The van der Waals surface area contributed by atoms with Crippen LogP contribution in [0.15, 0.2) is 59.5 Å². The van der Waals surface area contributed by atoms with Crippen LogP contribution in [0.1, 0.15) is 31.7 Å². The standard InChI is InChI=1S/C20H24O5S/c1-15-11-13-18(14-12-15)26(23,24)19(20(21)22)10-6-7-16(2)25-17-8-4-3-5-9-17/h3-5,8-9,11-14,16,19H,6-7,10H2,1-2H3,(H,21,22). The van der Waals surface area contributed by atoms with Crippen LogP contribution < -0.4 is 4.74 Å². The number of carboxylic acids is 1. The lowest BCUT2D eigenvalue weighted by Gasteiger charge is -2.17. The second kappa shape index (κ2) is 8.85. The molecule has 0 fully saturated rings. The normalized spacial score (nSPS) is 13.8. The number of carbonyl (C=O) groups is 1. The highest BCUT2D eigenvalue weighted by atomic mass is 32.2. The summed E-state index contributed by atoms with van der Waals surface area (Å²) in [5.74, 6) is -0.579. The average molecular weight is 376 g/mol. The molecule has 0 spiro atoms. The van der Waals surface area contributed by atoms with Crippen molar-refractivity contribution in [1.82, 2.24) is 0 Å². The first kappa shape index (κ1) is 20.0. The van der Waals surface area contributed by atoms with Gasteiger partial charge in [-0.2, -0.15) is 0 Å². The molecule has 0 radical (unpaired) electrons. The van der Waals surface area contributed by atoms with Crippen molar-refractivity contribution in [2.24, 2.45) is 0 Å². The molecule has 0 aliphatic carbocycles. The predicted molar refractivity (Wildman–Crippen MR) is 100 cm³/mol. The van der Waals surface area contributed by atoms with Crippen LogP contribution in [0, 0.1) is 6.92 Å². The molecule has 1 N–H and O–H groups in total. The van der Waals surface area contributed by atoms with E-state index in [1.807, 2.05) is 44.2 Å². The number of sulfone groups is 1. The molecule has 26 heavy (non-hydrogen) atoms. The second-order valence-corrected chi connectivity index (χ2v) is 8.49. The fourth-order valence-electron chi connectivity index (χ4n) is 2.68. The minimum atomic E-state index is -3.91. The van der Waals surface area contributed by atoms with Gasteiger partial charge in [-0.1, -0.05) is 35.9 Å². The highest BCUT2D eigenvalue weighted by molar-refractivity contribution is 7.92. The predicted octanol–water partition coefficient (Wildman–Crippen LogP) is 3.86. The van der Waals surface area contributed by atoms with E-state index in [9.17, 15) is 18.3 Å². The Morgan fingerprint density at radius 2 is 1.65 bits per heavy atom. The Labute approximate surface area is 154 Å². The third-order valence-corrected chi connectivity index (χ3v) is 6.27. The number of para-hydroxylation sites is 1. The van der Waals surface area contributed by atoms with E-state index in [1.165, 1.54) is 12.1 Å². The van der Waals surface area contributed by atoms with Crippen LogP contribution in [0.2, 0.25) is 0 Å². The minimum absolute atomic E-state index is 0.0454. The number of aryl methyl sites for hydroxylation is 1. The molecule has 0 bridgehead atoms. The van der Waals surface area contributed by atoms with E-state index in [2.05, 4.69) is 0 Å². The lowest BCUT2D eigenvalue weighted by atomic mass is 10.1. The SMILES string of the molecule is Cc1ccc(S(=O)(=O)C(CCCC(C)Oc2ccccc2)C(=O)O)cc1. The first-order valence-corrected chi connectivity index (χ1v) is 10.1. The van der Waals surface area contributed by atoms with Crippen molar-refractivity contribution in [2.45, 2.75) is 49.4 Å². The van der Waals surface area contributed by atoms with E-state index < -0.39 is 21.1 Å². The van der Waals surface area contributed by atoms with Crippen molar-refractivity contribution in [1.29, 1.82) is 0 Å². The molecule has 0 amide bonds. The van der Waals surface area contributed by atoms with Crippen LogP contribution in [0.4, 0.5) is 0 Å². The van der Waals surface area contributed by atoms with Gasteiger partial charge in [-0.25, -0.2) is 8.42 Å². The van der Waals surface area contributed by atoms with Gasteiger partial charge in [-0.3, -0.25) is 4.79 Å². The number of ether oxygens (including phenoxy) is 1. The highest BCUT2D eigenvalue weighted by Crippen LogP contribution is 2.22. The van der Waals surface area contributed by atoms with E-state index >= 15 is 0 Å². The summed E-state index contributed by atoms with van der Waals surface area (Å²) < 4.78 is 31.0. The lowest BCUT2D eigenvalue weighted by Crippen LogP contribution is -2.30. The van der Waals surface area contributed by atoms with Crippen LogP contribution in [0.3, 0.4) is 0 Å². The number of hydrogen-bond acceptors (Lipinski definition) is 4. The van der Waals surface area contributed by atoms with Gasteiger partial charge in [0.1, 0.15) is 5.75 Å². The summed E-state index contributed by atoms with van der Waals surface area (Å²) in [4.78, 5) is 11.6. The molecular weight excluding hydrogens is 352 g/mol. The third kappa shape index (κ3) is 5.33. The summed E-state index contributed by atoms with van der Waals surface area (Å²) in [7, 11) is -3.91. The van der Waals surface area contributed by atoms with Crippen molar-refractivity contribution in [2.75, 3.05) is 0 Å². The van der Waals surface area contributed by atoms with Crippen LogP contribution in [-0.4, -0.2) is 30.8 Å². The first-order valence-electron chi connectivity index (χ1n) is 8.56. The molecule has 2 unspecified atom stereocenters. The Morgan fingerprint density at radius 1 is 1.04 bits per heavy atom. The maximum atomic E-state index is 12.6. The van der Waals surface area contributed by atoms with Crippen molar-refractivity contribution in [3.05, 3.63) is 60.2 Å². The van der Waals surface area contributed by atoms with Gasteiger partial charge in [-0.15, -0.1) is 0 Å². The molecule has 140 valence electrons. The van der Waals surface area contributed by atoms with Gasteiger partial charge in [0.25, 0.3) is 0 Å². The third-order valence-electron chi connectivity index (χ3n) is 4.16. The minimum Gasteiger partial charge on any atom is -0.491 e. The van der Waals surface area contributed by atoms with Gasteiger partial charge in [0.2, 0.25) is 0 Å². The van der Waals surface area contributed by atoms with Crippen LogP contribution in [-0.2, 0) is 14.6 Å². The van der Waals surface area contributed by atoms with Gasteiger partial charge < -0.3 is 9.84 Å². The van der Waals surface area contributed by atoms with Crippen molar-refractivity contribution >= 4 is 15.8 Å². The zero-order chi connectivity index (χ0) is 19.2. The molecule has 0 saturated carbocycles. The molecule has 0 aromatic heterocycles. The molecule has 0 saturated heterocycles. The molecular formula is C20H24O5S. The summed E-state index contributed by atoms with van der Waals surface area (Å²) in [5, 5.41) is 7.96. The smallest absolute Gasteiger partial charge is 0.322 e. The average Bonchev–Trinajstić information content (AvgIpc) is 2.59. The first-order chi connectivity index (χ1) is 12.3. The number of rotatable bonds is 9. The van der Waals surface area contributed by atoms with Gasteiger partial charge in [-0.05, 0) is 57.4 Å². The van der Waals surface area contributed by atoms with Crippen LogP contribution in [0.25, 0.3) is 0 Å². The van der Waals surface area contributed by atoms with Gasteiger partial charge in [0, 0.05) is 0 Å². The fraction of sp³-hybridized carbons (Fsp3) is 0.350. The van der Waals surface area contributed by atoms with Crippen molar-refractivity contribution < 1.29 is 23.1 Å². The van der Waals surface area contributed by atoms with Crippen molar-refractivity contribution in [3.8, 4) is 5.75 Å². The highest BCUT2D eigenvalue weighted by Gasteiger charge is 2.33. The van der Waals surface area contributed by atoms with E-state index in [0.29, 0.717) is 12.8 Å². The molecule has 2 aromatic rings. The topological polar surface area (TPSA) is 80.7 Å². The number of carboxylic acid groups (broad SMARTS) is 1. The Balaban J connectivity index is 1.97. The van der Waals surface area contributed by atoms with Gasteiger partial charge in [0.05, 0.1) is 11.0 Å². The number of hydrogen-bond donors (Lipinski definition) is 1. The van der Waals surface area contributed by atoms with Gasteiger partial charge in [0.15, 0.2) is 15.1 Å². The number of benzene rings is 2. The summed E-state index contributed by atoms with van der Waals surface area (Å²) in [6.07, 6.45) is 0.931. The lowest BCUT2D eigenvalue weighted by molar-refractivity contribution is -0.136. The van der Waals surface area contributed by atoms with E-state index in [0.717, 1.165) is 11.3 Å². The molecule has 2 aromatic carbocycles. The zero-order valence-corrected chi connectivity index (χ0v) is 15.8. The van der Waals surface area contributed by atoms with E-state index in [-0.39, 0.29) is 17.4 Å². The molecule has 2 atom stereocenters. The second-order valence-electron chi connectivity index (χ2n) is 6.36. The summed E-state index contributed by atoms with van der Waals surface area (Å²) in [5.41, 5.74) is 0.919. The largest absolute Gasteiger partial charge is 0.491 e. The van der Waals surface area contributed by atoms with Crippen LogP contribution >= 0.6 is 0 Å². The van der Waals surface area contributed by atoms with Crippen LogP contribution in [0.5, 0.6) is 5.75 Å². The molecule has 5 nitrogen and oxygen atoms in total.